The number of fused-ring (bicyclic) bond motifs is 1. The van der Waals surface area contributed by atoms with E-state index in [1.807, 2.05) is 0 Å². The number of hydrogen-bond acceptors (Lipinski definition) is 7. The quantitative estimate of drug-likeness (QED) is 0.276. The van der Waals surface area contributed by atoms with Gasteiger partial charge in [0, 0.05) is 25.2 Å². The van der Waals surface area contributed by atoms with Gasteiger partial charge in [-0.25, -0.2) is 10.2 Å². The molecule has 2 aromatic heterocycles. The van der Waals surface area contributed by atoms with Crippen LogP contribution in [0.25, 0.3) is 11.2 Å². The number of aryl methyl sites for hydroxylation is 2. The van der Waals surface area contributed by atoms with E-state index in [1.54, 1.807) is 4.57 Å². The van der Waals surface area contributed by atoms with Gasteiger partial charge in [0.1, 0.15) is 11.5 Å². The molecule has 0 unspecified atom stereocenters. The molecule has 0 bridgehead atoms. The average molecular weight is 386 g/mol. The average Bonchev–Trinajstić information content (AvgIpc) is 3.01. The van der Waals surface area contributed by atoms with Gasteiger partial charge < -0.3 is 14.8 Å². The minimum Gasteiger partial charge on any atom is -0.508 e. The molecule has 0 fully saturated rings. The first kappa shape index (κ1) is 19.2. The summed E-state index contributed by atoms with van der Waals surface area (Å²) < 4.78 is 2.96. The fourth-order valence-electron chi connectivity index (χ4n) is 2.86. The van der Waals surface area contributed by atoms with Gasteiger partial charge >= 0.3 is 5.69 Å². The number of unbranched alkanes of at least 4 members (excludes halogenated alkanes) is 2. The molecule has 0 atom stereocenters. The molecule has 1 aromatic carbocycles. The lowest BCUT2D eigenvalue weighted by Gasteiger charge is -2.07. The van der Waals surface area contributed by atoms with Gasteiger partial charge in [-0.05, 0) is 18.6 Å². The van der Waals surface area contributed by atoms with Gasteiger partial charge in [-0.2, -0.15) is 10.1 Å². The van der Waals surface area contributed by atoms with E-state index >= 15 is 0 Å². The van der Waals surface area contributed by atoms with E-state index in [-0.39, 0.29) is 17.1 Å². The van der Waals surface area contributed by atoms with Gasteiger partial charge in [-0.1, -0.05) is 19.8 Å². The van der Waals surface area contributed by atoms with Gasteiger partial charge in [0.2, 0.25) is 5.95 Å². The number of nitrogens with one attached hydrogen (secondary N) is 2. The summed E-state index contributed by atoms with van der Waals surface area (Å²) >= 11 is 0. The van der Waals surface area contributed by atoms with E-state index in [2.05, 4.69) is 27.4 Å². The zero-order valence-electron chi connectivity index (χ0n) is 15.6. The molecule has 0 saturated heterocycles. The third-order valence-electron chi connectivity index (χ3n) is 4.37. The predicted octanol–water partition coefficient (Wildman–Crippen LogP) is 1.47. The monoisotopic (exact) mass is 386 g/mol. The lowest BCUT2D eigenvalue weighted by Crippen LogP contribution is -2.29. The fraction of sp³-hybridized carbons (Fsp3) is 0.333. The third kappa shape index (κ3) is 3.75. The number of aromatic amines is 1. The summed E-state index contributed by atoms with van der Waals surface area (Å²) in [6.07, 6.45) is 4.20. The number of aromatic nitrogens is 4. The number of anilines is 1. The molecule has 28 heavy (non-hydrogen) atoms. The maximum atomic E-state index is 12.3. The summed E-state index contributed by atoms with van der Waals surface area (Å²) in [4.78, 5) is 30.8. The maximum Gasteiger partial charge on any atom is 0.329 e. The Morgan fingerprint density at radius 1 is 1.29 bits per heavy atom. The molecule has 0 saturated carbocycles. The molecule has 0 aliphatic rings. The van der Waals surface area contributed by atoms with Crippen molar-refractivity contribution in [3.63, 3.8) is 0 Å². The van der Waals surface area contributed by atoms with Gasteiger partial charge in [0.25, 0.3) is 5.56 Å². The van der Waals surface area contributed by atoms with E-state index in [9.17, 15) is 19.8 Å². The number of phenols is 2. The number of benzene rings is 1. The molecule has 10 nitrogen and oxygen atoms in total. The van der Waals surface area contributed by atoms with Crippen LogP contribution in [0.3, 0.4) is 0 Å². The second kappa shape index (κ2) is 7.99. The topological polar surface area (TPSA) is 138 Å². The number of hydrogen-bond donors (Lipinski definition) is 4. The van der Waals surface area contributed by atoms with Crippen molar-refractivity contribution in [2.24, 2.45) is 12.1 Å². The highest BCUT2D eigenvalue weighted by Gasteiger charge is 2.16. The van der Waals surface area contributed by atoms with Crippen molar-refractivity contribution >= 4 is 23.3 Å². The second-order valence-electron chi connectivity index (χ2n) is 6.40. The zero-order chi connectivity index (χ0) is 20.3. The van der Waals surface area contributed by atoms with Crippen molar-refractivity contribution in [3.8, 4) is 11.5 Å². The van der Waals surface area contributed by atoms with Crippen LogP contribution in [0, 0.1) is 0 Å². The lowest BCUT2D eigenvalue weighted by molar-refractivity contribution is 0.450. The number of aromatic hydroxyl groups is 2. The molecule has 3 rings (SSSR count). The Balaban J connectivity index is 1.99. The normalized spacial score (nSPS) is 11.5. The third-order valence-corrected chi connectivity index (χ3v) is 4.37. The Morgan fingerprint density at radius 2 is 2.07 bits per heavy atom. The van der Waals surface area contributed by atoms with Crippen LogP contribution in [-0.4, -0.2) is 35.5 Å². The Hall–Kier alpha value is -3.56. The Morgan fingerprint density at radius 3 is 2.79 bits per heavy atom. The van der Waals surface area contributed by atoms with Crippen LogP contribution in [0.5, 0.6) is 11.5 Å². The Bertz CT molecular complexity index is 1140. The van der Waals surface area contributed by atoms with Gasteiger partial charge in [0.05, 0.1) is 6.21 Å². The summed E-state index contributed by atoms with van der Waals surface area (Å²) in [5.74, 6) is 0.133. The molecule has 10 heteroatoms. The first-order valence-electron chi connectivity index (χ1n) is 8.93. The number of phenolic OH excluding ortho intramolecular Hbond substituents is 2. The molecule has 0 radical (unpaired) electrons. The van der Waals surface area contributed by atoms with Crippen LogP contribution in [0.15, 0.2) is 32.9 Å². The molecule has 148 valence electrons. The van der Waals surface area contributed by atoms with Crippen LogP contribution in [0.2, 0.25) is 0 Å². The standard InChI is InChI=1S/C18H22N6O4/c1-3-4-5-8-24-14-15(23(2)18(28)21-16(14)27)20-17(24)22-19-10-11-6-7-12(25)9-13(11)26/h6-7,9-10,25-26H,3-5,8H2,1-2H3,(H,20,22)(H,21,27,28). The van der Waals surface area contributed by atoms with Crippen molar-refractivity contribution in [2.75, 3.05) is 5.43 Å². The SMILES string of the molecule is CCCCCn1c(NN=Cc2ccc(O)cc2O)nc2c1c(=O)[nH]c(=O)n2C. The molecule has 0 aliphatic heterocycles. The molecule has 0 spiro atoms. The van der Waals surface area contributed by atoms with Crippen LogP contribution in [0.1, 0.15) is 31.7 Å². The number of hydrazone groups is 1. The lowest BCUT2D eigenvalue weighted by atomic mass is 10.2. The van der Waals surface area contributed by atoms with Crippen molar-refractivity contribution in [1.29, 1.82) is 0 Å². The maximum absolute atomic E-state index is 12.3. The number of imidazole rings is 1. The number of H-pyrrole nitrogens is 1. The van der Waals surface area contributed by atoms with E-state index < -0.39 is 11.2 Å². The highest BCUT2D eigenvalue weighted by atomic mass is 16.3. The summed E-state index contributed by atoms with van der Waals surface area (Å²) in [6.45, 7) is 2.62. The van der Waals surface area contributed by atoms with E-state index in [1.165, 1.54) is 36.0 Å². The fourth-order valence-corrected chi connectivity index (χ4v) is 2.86. The van der Waals surface area contributed by atoms with Crippen molar-refractivity contribution in [3.05, 3.63) is 44.6 Å². The largest absolute Gasteiger partial charge is 0.508 e. The molecular weight excluding hydrogens is 364 g/mol. The Kier molecular flexibility index (Phi) is 5.48. The van der Waals surface area contributed by atoms with E-state index in [0.717, 1.165) is 19.3 Å². The first-order valence-corrected chi connectivity index (χ1v) is 8.93. The first-order chi connectivity index (χ1) is 13.4. The molecule has 4 N–H and O–H groups in total. The van der Waals surface area contributed by atoms with Crippen LogP contribution in [-0.2, 0) is 13.6 Å². The molecule has 3 aromatic rings. The number of rotatable bonds is 7. The molecule has 0 aliphatic carbocycles. The second-order valence-corrected chi connectivity index (χ2v) is 6.40. The summed E-state index contributed by atoms with van der Waals surface area (Å²) in [6, 6.07) is 4.14. The van der Waals surface area contributed by atoms with Crippen molar-refractivity contribution in [2.45, 2.75) is 32.7 Å². The molecule has 0 amide bonds. The zero-order valence-corrected chi connectivity index (χ0v) is 15.6. The van der Waals surface area contributed by atoms with E-state index in [4.69, 9.17) is 0 Å². The van der Waals surface area contributed by atoms with Gasteiger partial charge in [-0.3, -0.25) is 14.3 Å². The highest BCUT2D eigenvalue weighted by molar-refractivity contribution is 5.84. The summed E-state index contributed by atoms with van der Waals surface area (Å²) in [5, 5.41) is 23.2. The smallest absolute Gasteiger partial charge is 0.329 e. The van der Waals surface area contributed by atoms with Crippen molar-refractivity contribution in [1.82, 2.24) is 19.1 Å². The molecular formula is C18H22N6O4. The summed E-state index contributed by atoms with van der Waals surface area (Å²) in [7, 11) is 1.53. The summed E-state index contributed by atoms with van der Waals surface area (Å²) in [5.41, 5.74) is 2.67. The minimum absolute atomic E-state index is 0.0551. The van der Waals surface area contributed by atoms with Crippen LogP contribution < -0.4 is 16.7 Å². The predicted molar refractivity (Wildman–Crippen MR) is 106 cm³/mol. The minimum atomic E-state index is -0.542. The Labute approximate surface area is 159 Å². The van der Waals surface area contributed by atoms with Gasteiger partial charge in [-0.15, -0.1) is 0 Å². The van der Waals surface area contributed by atoms with Crippen LogP contribution in [0.4, 0.5) is 5.95 Å². The van der Waals surface area contributed by atoms with Gasteiger partial charge in [0.15, 0.2) is 11.2 Å². The number of nitrogens with zero attached hydrogens (tertiary/aromatic N) is 4. The highest BCUT2D eigenvalue weighted by Crippen LogP contribution is 2.21. The van der Waals surface area contributed by atoms with Crippen LogP contribution >= 0.6 is 0 Å². The van der Waals surface area contributed by atoms with E-state index in [0.29, 0.717) is 23.6 Å². The molecule has 2 heterocycles. The van der Waals surface area contributed by atoms with Crippen molar-refractivity contribution < 1.29 is 10.2 Å².